The molecule has 6 nitrogen and oxygen atoms in total. The maximum absolute atomic E-state index is 11.6. The molecule has 0 amide bonds. The van der Waals surface area contributed by atoms with Crippen molar-refractivity contribution < 1.29 is 14.3 Å². The molecule has 2 N–H and O–H groups in total. The molecule has 2 rings (SSSR count). The normalized spacial score (nSPS) is 10.4. The van der Waals surface area contributed by atoms with Crippen molar-refractivity contribution in [2.45, 2.75) is 6.92 Å². The van der Waals surface area contributed by atoms with E-state index in [0.29, 0.717) is 12.3 Å². The molecule has 0 unspecified atom stereocenters. The molecule has 0 saturated heterocycles. The van der Waals surface area contributed by atoms with Crippen LogP contribution in [0.1, 0.15) is 17.4 Å². The highest BCUT2D eigenvalue weighted by atomic mass is 16.7. The van der Waals surface area contributed by atoms with Gasteiger partial charge < -0.3 is 15.2 Å². The van der Waals surface area contributed by atoms with Crippen molar-refractivity contribution in [3.05, 3.63) is 42.2 Å². The lowest BCUT2D eigenvalue weighted by atomic mass is 10.3. The molecule has 0 radical (unpaired) electrons. The Labute approximate surface area is 110 Å². The number of hydrogen-bond donors (Lipinski definition) is 1. The first-order chi connectivity index (χ1) is 9.20. The summed E-state index contributed by atoms with van der Waals surface area (Å²) in [6, 6.07) is 8.79. The number of benzene rings is 1. The zero-order chi connectivity index (χ0) is 13.7. The molecule has 0 fully saturated rings. The summed E-state index contributed by atoms with van der Waals surface area (Å²) in [5, 5.41) is 4.13. The smallest absolute Gasteiger partial charge is 0.360 e. The average molecular weight is 261 g/mol. The fourth-order valence-electron chi connectivity index (χ4n) is 1.50. The van der Waals surface area contributed by atoms with Crippen molar-refractivity contribution in [2.75, 3.05) is 19.1 Å². The van der Waals surface area contributed by atoms with E-state index < -0.39 is 5.97 Å². The van der Waals surface area contributed by atoms with E-state index >= 15 is 0 Å². The van der Waals surface area contributed by atoms with Crippen molar-refractivity contribution in [3.8, 4) is 5.69 Å². The maximum atomic E-state index is 11.6. The number of aromatic nitrogens is 2. The molecule has 1 heterocycles. The molecule has 19 heavy (non-hydrogen) atoms. The third kappa shape index (κ3) is 3.32. The highest BCUT2D eigenvalue weighted by Crippen LogP contribution is 2.12. The SMILES string of the molecule is CCOCOC(=O)c1ccn(-c2cccc(N)c2)n1. The number of nitrogens with zero attached hydrogens (tertiary/aromatic N) is 2. The zero-order valence-electron chi connectivity index (χ0n) is 10.6. The van der Waals surface area contributed by atoms with Gasteiger partial charge in [-0.15, -0.1) is 0 Å². The number of carbonyl (C=O) groups excluding carboxylic acids is 1. The van der Waals surface area contributed by atoms with Crippen molar-refractivity contribution in [1.29, 1.82) is 0 Å². The number of hydrogen-bond acceptors (Lipinski definition) is 5. The van der Waals surface area contributed by atoms with E-state index in [1.165, 1.54) is 0 Å². The molecule has 2 aromatic rings. The summed E-state index contributed by atoms with van der Waals surface area (Å²) in [4.78, 5) is 11.6. The summed E-state index contributed by atoms with van der Waals surface area (Å²) in [6.45, 7) is 2.24. The van der Waals surface area contributed by atoms with Gasteiger partial charge in [-0.2, -0.15) is 5.10 Å². The van der Waals surface area contributed by atoms with Gasteiger partial charge in [-0.3, -0.25) is 0 Å². The van der Waals surface area contributed by atoms with Crippen LogP contribution in [-0.2, 0) is 9.47 Å². The summed E-state index contributed by atoms with van der Waals surface area (Å²) in [6.07, 6.45) is 1.67. The van der Waals surface area contributed by atoms with Gasteiger partial charge >= 0.3 is 5.97 Å². The summed E-state index contributed by atoms with van der Waals surface area (Å²) >= 11 is 0. The Morgan fingerprint density at radius 2 is 2.26 bits per heavy atom. The second-order valence-electron chi connectivity index (χ2n) is 3.78. The van der Waals surface area contributed by atoms with Crippen molar-refractivity contribution in [3.63, 3.8) is 0 Å². The Kier molecular flexibility index (Phi) is 4.15. The lowest BCUT2D eigenvalue weighted by Crippen LogP contribution is -2.10. The predicted octanol–water partition coefficient (Wildman–Crippen LogP) is 1.61. The van der Waals surface area contributed by atoms with Crippen LogP contribution in [0.2, 0.25) is 0 Å². The van der Waals surface area contributed by atoms with Gasteiger partial charge in [0.25, 0.3) is 0 Å². The van der Waals surface area contributed by atoms with E-state index in [9.17, 15) is 4.79 Å². The molecule has 0 bridgehead atoms. The van der Waals surface area contributed by atoms with Gasteiger partial charge in [0.2, 0.25) is 0 Å². The average Bonchev–Trinajstić information content (AvgIpc) is 2.88. The molecular formula is C13H15N3O3. The van der Waals surface area contributed by atoms with Gasteiger partial charge in [0.05, 0.1) is 5.69 Å². The minimum absolute atomic E-state index is 0.0690. The minimum atomic E-state index is -0.517. The predicted molar refractivity (Wildman–Crippen MR) is 69.9 cm³/mol. The molecule has 0 saturated carbocycles. The fraction of sp³-hybridized carbons (Fsp3) is 0.231. The molecular weight excluding hydrogens is 246 g/mol. The quantitative estimate of drug-likeness (QED) is 0.383. The molecule has 1 aromatic carbocycles. The van der Waals surface area contributed by atoms with E-state index in [0.717, 1.165) is 5.69 Å². The van der Waals surface area contributed by atoms with Crippen LogP contribution in [0.4, 0.5) is 5.69 Å². The third-order valence-corrected chi connectivity index (χ3v) is 2.41. The Morgan fingerprint density at radius 3 is 3.00 bits per heavy atom. The van der Waals surface area contributed by atoms with Crippen LogP contribution in [0.3, 0.4) is 0 Å². The van der Waals surface area contributed by atoms with E-state index in [1.807, 2.05) is 19.1 Å². The van der Waals surface area contributed by atoms with Crippen LogP contribution < -0.4 is 5.73 Å². The standard InChI is InChI=1S/C13H15N3O3/c1-2-18-9-19-13(17)12-6-7-16(15-12)11-5-3-4-10(14)8-11/h3-8H,2,9,14H2,1H3. The van der Waals surface area contributed by atoms with Gasteiger partial charge in [-0.1, -0.05) is 6.07 Å². The lowest BCUT2D eigenvalue weighted by Gasteiger charge is -2.03. The lowest BCUT2D eigenvalue weighted by molar-refractivity contribution is -0.0279. The number of rotatable bonds is 5. The first-order valence-corrected chi connectivity index (χ1v) is 5.87. The van der Waals surface area contributed by atoms with Crippen LogP contribution in [0, 0.1) is 0 Å². The first kappa shape index (κ1) is 13.1. The molecule has 0 atom stereocenters. The Balaban J connectivity index is 2.08. The molecule has 0 aliphatic carbocycles. The topological polar surface area (TPSA) is 79.4 Å². The van der Waals surface area contributed by atoms with Crippen LogP contribution >= 0.6 is 0 Å². The monoisotopic (exact) mass is 261 g/mol. The second kappa shape index (κ2) is 6.01. The molecule has 0 aliphatic rings. The summed E-state index contributed by atoms with van der Waals surface area (Å²) in [5.41, 5.74) is 7.33. The Hall–Kier alpha value is -2.34. The molecule has 6 heteroatoms. The van der Waals surface area contributed by atoms with Gasteiger partial charge in [0.15, 0.2) is 12.5 Å². The number of nitrogen functional groups attached to an aromatic ring is 1. The van der Waals surface area contributed by atoms with Crippen LogP contribution in [0.25, 0.3) is 5.69 Å². The van der Waals surface area contributed by atoms with Crippen LogP contribution in [-0.4, -0.2) is 29.1 Å². The largest absolute Gasteiger partial charge is 0.434 e. The number of anilines is 1. The molecule has 1 aromatic heterocycles. The first-order valence-electron chi connectivity index (χ1n) is 5.87. The minimum Gasteiger partial charge on any atom is -0.434 e. The number of carbonyl (C=O) groups is 1. The number of ether oxygens (including phenoxy) is 2. The van der Waals surface area contributed by atoms with E-state index in [-0.39, 0.29) is 12.5 Å². The highest BCUT2D eigenvalue weighted by molar-refractivity contribution is 5.87. The number of nitrogens with two attached hydrogens (primary N) is 1. The Morgan fingerprint density at radius 1 is 1.42 bits per heavy atom. The van der Waals surface area contributed by atoms with E-state index in [2.05, 4.69) is 5.10 Å². The van der Waals surface area contributed by atoms with Gasteiger partial charge in [-0.05, 0) is 31.2 Å². The molecule has 0 spiro atoms. The number of esters is 1. The van der Waals surface area contributed by atoms with Gasteiger partial charge in [0, 0.05) is 18.5 Å². The maximum Gasteiger partial charge on any atom is 0.360 e. The summed E-state index contributed by atoms with van der Waals surface area (Å²) in [7, 11) is 0. The second-order valence-corrected chi connectivity index (χ2v) is 3.78. The van der Waals surface area contributed by atoms with Crippen molar-refractivity contribution in [2.24, 2.45) is 0 Å². The third-order valence-electron chi connectivity index (χ3n) is 2.41. The van der Waals surface area contributed by atoms with Gasteiger partial charge in [0.1, 0.15) is 0 Å². The van der Waals surface area contributed by atoms with Gasteiger partial charge in [-0.25, -0.2) is 9.48 Å². The molecule has 100 valence electrons. The van der Waals surface area contributed by atoms with Crippen molar-refractivity contribution >= 4 is 11.7 Å². The zero-order valence-corrected chi connectivity index (χ0v) is 10.6. The van der Waals surface area contributed by atoms with Crippen molar-refractivity contribution in [1.82, 2.24) is 9.78 Å². The summed E-state index contributed by atoms with van der Waals surface area (Å²) < 4.78 is 11.4. The Bertz CT molecular complexity index is 566. The summed E-state index contributed by atoms with van der Waals surface area (Å²) in [5.74, 6) is -0.517. The van der Waals surface area contributed by atoms with Crippen LogP contribution in [0.15, 0.2) is 36.5 Å². The van der Waals surface area contributed by atoms with E-state index in [1.54, 1.807) is 29.1 Å². The fourth-order valence-corrected chi connectivity index (χ4v) is 1.50. The highest BCUT2D eigenvalue weighted by Gasteiger charge is 2.11. The molecule has 0 aliphatic heterocycles. The van der Waals surface area contributed by atoms with E-state index in [4.69, 9.17) is 15.2 Å². The van der Waals surface area contributed by atoms with Crippen LogP contribution in [0.5, 0.6) is 0 Å².